The standard InChI is InChI=1S/C24H23NOS/c1-2-4-22-20(3-1)24(17-11-18-6-7-19(12-17)25-18)21-8-5-15(13-23(21)26-22)16-9-10-27-14-16/h1-5,8-10,13-14,17-19,24-25H,6-7,11-12H2. The maximum Gasteiger partial charge on any atom is 0.131 e. The molecule has 3 aliphatic heterocycles. The molecule has 2 aromatic carbocycles. The summed E-state index contributed by atoms with van der Waals surface area (Å²) in [4.78, 5) is 0. The maximum absolute atomic E-state index is 6.39. The van der Waals surface area contributed by atoms with Crippen molar-refractivity contribution in [2.45, 2.75) is 43.7 Å². The molecule has 0 amide bonds. The van der Waals surface area contributed by atoms with Crippen LogP contribution in [0.2, 0.25) is 0 Å². The van der Waals surface area contributed by atoms with E-state index in [1.165, 1.54) is 47.9 Å². The minimum Gasteiger partial charge on any atom is -0.457 e. The Hall–Kier alpha value is -2.10. The molecule has 1 aromatic heterocycles. The van der Waals surface area contributed by atoms with Gasteiger partial charge in [-0.15, -0.1) is 0 Å². The van der Waals surface area contributed by atoms with E-state index >= 15 is 0 Å². The number of nitrogens with one attached hydrogen (secondary N) is 1. The number of ether oxygens (including phenoxy) is 1. The Balaban J connectivity index is 1.46. The lowest BCUT2D eigenvalue weighted by Gasteiger charge is -2.38. The van der Waals surface area contributed by atoms with Crippen molar-refractivity contribution in [2.75, 3.05) is 0 Å². The molecular formula is C24H23NOS. The largest absolute Gasteiger partial charge is 0.457 e. The zero-order valence-corrected chi connectivity index (χ0v) is 16.0. The van der Waals surface area contributed by atoms with Gasteiger partial charge in [0, 0.05) is 29.1 Å². The topological polar surface area (TPSA) is 21.3 Å². The number of benzene rings is 2. The van der Waals surface area contributed by atoms with Crippen LogP contribution in [0.3, 0.4) is 0 Å². The zero-order chi connectivity index (χ0) is 17.8. The first-order valence-corrected chi connectivity index (χ1v) is 11.0. The van der Waals surface area contributed by atoms with E-state index in [0.29, 0.717) is 23.9 Å². The van der Waals surface area contributed by atoms with Crippen LogP contribution >= 0.6 is 11.3 Å². The average Bonchev–Trinajstić information content (AvgIpc) is 3.35. The van der Waals surface area contributed by atoms with Crippen molar-refractivity contribution in [2.24, 2.45) is 5.92 Å². The van der Waals surface area contributed by atoms with E-state index in [1.807, 2.05) is 0 Å². The monoisotopic (exact) mass is 373 g/mol. The van der Waals surface area contributed by atoms with Crippen LogP contribution in [0.5, 0.6) is 11.5 Å². The smallest absolute Gasteiger partial charge is 0.131 e. The SMILES string of the molecule is c1ccc2c(c1)Oc1cc(-c3ccsc3)ccc1C2C1CC2CCC(C1)N2. The second kappa shape index (κ2) is 6.22. The van der Waals surface area contributed by atoms with Crippen molar-refractivity contribution >= 4 is 11.3 Å². The summed E-state index contributed by atoms with van der Waals surface area (Å²) in [5.41, 5.74) is 5.28. The molecule has 27 heavy (non-hydrogen) atoms. The van der Waals surface area contributed by atoms with Crippen LogP contribution in [-0.2, 0) is 0 Å². The van der Waals surface area contributed by atoms with Crippen LogP contribution in [0.25, 0.3) is 11.1 Å². The van der Waals surface area contributed by atoms with Crippen LogP contribution in [0.1, 0.15) is 42.7 Å². The highest BCUT2D eigenvalue weighted by atomic mass is 32.1. The van der Waals surface area contributed by atoms with Crippen LogP contribution in [0, 0.1) is 5.92 Å². The highest BCUT2D eigenvalue weighted by Crippen LogP contribution is 2.52. The molecule has 6 rings (SSSR count). The predicted molar refractivity (Wildman–Crippen MR) is 111 cm³/mol. The van der Waals surface area contributed by atoms with Crippen molar-refractivity contribution in [3.8, 4) is 22.6 Å². The van der Waals surface area contributed by atoms with E-state index < -0.39 is 0 Å². The van der Waals surface area contributed by atoms with Gasteiger partial charge in [-0.25, -0.2) is 0 Å². The Bertz CT molecular complexity index is 968. The quantitative estimate of drug-likeness (QED) is 0.579. The maximum atomic E-state index is 6.39. The summed E-state index contributed by atoms with van der Waals surface area (Å²) < 4.78 is 6.39. The Kier molecular flexibility index (Phi) is 3.66. The van der Waals surface area contributed by atoms with Gasteiger partial charge in [0.1, 0.15) is 11.5 Å². The third-order valence-corrected chi connectivity index (χ3v) is 7.34. The van der Waals surface area contributed by atoms with Crippen LogP contribution in [-0.4, -0.2) is 12.1 Å². The lowest BCUT2D eigenvalue weighted by molar-refractivity contribution is 0.267. The minimum absolute atomic E-state index is 0.451. The molecule has 2 nitrogen and oxygen atoms in total. The van der Waals surface area contributed by atoms with E-state index in [9.17, 15) is 0 Å². The van der Waals surface area contributed by atoms with Crippen molar-refractivity contribution in [3.05, 3.63) is 70.4 Å². The lowest BCUT2D eigenvalue weighted by atomic mass is 9.73. The van der Waals surface area contributed by atoms with Gasteiger partial charge >= 0.3 is 0 Å². The molecule has 2 saturated heterocycles. The van der Waals surface area contributed by atoms with Gasteiger partial charge in [0.2, 0.25) is 0 Å². The number of fused-ring (bicyclic) bond motifs is 4. The van der Waals surface area contributed by atoms with Crippen molar-refractivity contribution in [1.29, 1.82) is 0 Å². The van der Waals surface area contributed by atoms with E-state index in [0.717, 1.165) is 11.5 Å². The summed E-state index contributed by atoms with van der Waals surface area (Å²) in [5.74, 6) is 3.24. The predicted octanol–water partition coefficient (Wildman–Crippen LogP) is 6.18. The van der Waals surface area contributed by atoms with Crippen molar-refractivity contribution in [3.63, 3.8) is 0 Å². The molecule has 3 atom stereocenters. The molecule has 0 spiro atoms. The van der Waals surface area contributed by atoms with Gasteiger partial charge < -0.3 is 10.1 Å². The Morgan fingerprint density at radius 3 is 2.48 bits per heavy atom. The highest BCUT2D eigenvalue weighted by molar-refractivity contribution is 7.08. The fourth-order valence-electron chi connectivity index (χ4n) is 5.49. The Labute approximate surface area is 164 Å². The lowest BCUT2D eigenvalue weighted by Crippen LogP contribution is -2.40. The molecule has 3 aliphatic rings. The molecular weight excluding hydrogens is 350 g/mol. The second-order valence-corrected chi connectivity index (χ2v) is 9.03. The fraction of sp³-hybridized carbons (Fsp3) is 0.333. The summed E-state index contributed by atoms with van der Waals surface area (Å²) in [6.07, 6.45) is 5.24. The number of rotatable bonds is 2. The summed E-state index contributed by atoms with van der Waals surface area (Å²) in [6.45, 7) is 0. The molecule has 2 bridgehead atoms. The second-order valence-electron chi connectivity index (χ2n) is 8.25. The van der Waals surface area contributed by atoms with Gasteiger partial charge in [0.25, 0.3) is 0 Å². The molecule has 0 aliphatic carbocycles. The van der Waals surface area contributed by atoms with Gasteiger partial charge in [-0.3, -0.25) is 0 Å². The van der Waals surface area contributed by atoms with Gasteiger partial charge in [-0.05, 0) is 71.7 Å². The minimum atomic E-state index is 0.451. The fourth-order valence-corrected chi connectivity index (χ4v) is 6.15. The summed E-state index contributed by atoms with van der Waals surface area (Å²) in [7, 11) is 0. The molecule has 3 aromatic rings. The van der Waals surface area contributed by atoms with Crippen LogP contribution in [0.4, 0.5) is 0 Å². The Morgan fingerprint density at radius 1 is 0.852 bits per heavy atom. The van der Waals surface area contributed by atoms with Crippen LogP contribution in [0.15, 0.2) is 59.3 Å². The molecule has 2 fully saturated rings. The number of hydrogen-bond acceptors (Lipinski definition) is 3. The molecule has 4 heterocycles. The van der Waals surface area contributed by atoms with E-state index in [2.05, 4.69) is 64.6 Å². The Morgan fingerprint density at radius 2 is 1.67 bits per heavy atom. The number of piperidine rings is 1. The van der Waals surface area contributed by atoms with Gasteiger partial charge in [-0.1, -0.05) is 30.3 Å². The first kappa shape index (κ1) is 15.9. The molecule has 3 unspecified atom stereocenters. The van der Waals surface area contributed by atoms with Gasteiger partial charge in [0.05, 0.1) is 0 Å². The summed E-state index contributed by atoms with van der Waals surface area (Å²) in [5, 5.41) is 8.15. The molecule has 3 heteroatoms. The van der Waals surface area contributed by atoms with Crippen LogP contribution < -0.4 is 10.1 Å². The van der Waals surface area contributed by atoms with Crippen molar-refractivity contribution < 1.29 is 4.74 Å². The van der Waals surface area contributed by atoms with E-state index in [4.69, 9.17) is 4.74 Å². The molecule has 1 N–H and O–H groups in total. The molecule has 0 radical (unpaired) electrons. The third kappa shape index (κ3) is 2.64. The third-order valence-electron chi connectivity index (χ3n) is 6.66. The average molecular weight is 374 g/mol. The van der Waals surface area contributed by atoms with Gasteiger partial charge in [-0.2, -0.15) is 11.3 Å². The molecule has 0 saturated carbocycles. The highest BCUT2D eigenvalue weighted by Gasteiger charge is 2.41. The number of para-hydroxylation sites is 1. The first-order valence-electron chi connectivity index (χ1n) is 10.0. The first-order chi connectivity index (χ1) is 13.3. The molecule has 136 valence electrons. The van der Waals surface area contributed by atoms with E-state index in [1.54, 1.807) is 11.3 Å². The summed E-state index contributed by atoms with van der Waals surface area (Å²) in [6, 6.07) is 19.1. The summed E-state index contributed by atoms with van der Waals surface area (Å²) >= 11 is 1.74. The zero-order valence-electron chi connectivity index (χ0n) is 15.2. The normalized spacial score (nSPS) is 28.3. The van der Waals surface area contributed by atoms with Gasteiger partial charge in [0.15, 0.2) is 0 Å². The number of thiophene rings is 1. The number of hydrogen-bond donors (Lipinski definition) is 1. The van der Waals surface area contributed by atoms with Crippen molar-refractivity contribution in [1.82, 2.24) is 5.32 Å². The van der Waals surface area contributed by atoms with E-state index in [-0.39, 0.29) is 0 Å².